The third kappa shape index (κ3) is 5.80. The van der Waals surface area contributed by atoms with Crippen LogP contribution < -0.4 is 5.32 Å². The Hall–Kier alpha value is -0.860. The number of likely N-dealkylation sites (tertiary alicyclic amines) is 1. The molecule has 0 aromatic heterocycles. The number of piperidine rings is 1. The maximum Gasteiger partial charge on any atom is 0.0325 e. The predicted molar refractivity (Wildman–Crippen MR) is 91.5 cm³/mol. The zero-order valence-electron chi connectivity index (χ0n) is 14.0. The minimum absolute atomic E-state index is 0.478. The lowest BCUT2D eigenvalue weighted by Gasteiger charge is -2.32. The third-order valence-electron chi connectivity index (χ3n) is 4.38. The molecular formula is C19H32N2. The average Bonchev–Trinajstić information content (AvgIpc) is 2.48. The van der Waals surface area contributed by atoms with Gasteiger partial charge in [0.25, 0.3) is 0 Å². The van der Waals surface area contributed by atoms with E-state index in [4.69, 9.17) is 0 Å². The van der Waals surface area contributed by atoms with Gasteiger partial charge in [-0.2, -0.15) is 0 Å². The minimum Gasteiger partial charge on any atom is -0.306 e. The summed E-state index contributed by atoms with van der Waals surface area (Å²) in [6.07, 6.45) is 5.37. The van der Waals surface area contributed by atoms with Crippen molar-refractivity contribution >= 4 is 0 Å². The van der Waals surface area contributed by atoms with Crippen molar-refractivity contribution in [3.8, 4) is 0 Å². The molecule has 1 fully saturated rings. The average molecular weight is 288 g/mol. The zero-order valence-corrected chi connectivity index (χ0v) is 14.0. The van der Waals surface area contributed by atoms with Gasteiger partial charge in [-0.05, 0) is 50.8 Å². The summed E-state index contributed by atoms with van der Waals surface area (Å²) in [6.45, 7) is 10.7. The van der Waals surface area contributed by atoms with Crippen molar-refractivity contribution in [2.45, 2.75) is 58.5 Å². The highest BCUT2D eigenvalue weighted by atomic mass is 15.2. The summed E-state index contributed by atoms with van der Waals surface area (Å²) in [5, 5.41) is 3.87. The molecule has 1 aliphatic rings. The molecule has 1 aliphatic heterocycles. The smallest absolute Gasteiger partial charge is 0.0325 e. The lowest BCUT2D eigenvalue weighted by atomic mass is 9.96. The first-order valence-corrected chi connectivity index (χ1v) is 8.68. The molecule has 2 atom stereocenters. The summed E-state index contributed by atoms with van der Waals surface area (Å²) >= 11 is 0. The number of hydrogen-bond acceptors (Lipinski definition) is 2. The fourth-order valence-electron chi connectivity index (χ4n) is 3.38. The summed E-state index contributed by atoms with van der Waals surface area (Å²) < 4.78 is 0. The molecule has 2 rings (SSSR count). The first-order valence-electron chi connectivity index (χ1n) is 8.68. The minimum atomic E-state index is 0.478. The van der Waals surface area contributed by atoms with Crippen LogP contribution in [0.2, 0.25) is 0 Å². The van der Waals surface area contributed by atoms with E-state index in [1.807, 2.05) is 0 Å². The van der Waals surface area contributed by atoms with Crippen LogP contribution in [0.25, 0.3) is 0 Å². The number of benzene rings is 1. The Morgan fingerprint density at radius 3 is 2.29 bits per heavy atom. The Morgan fingerprint density at radius 1 is 1.00 bits per heavy atom. The van der Waals surface area contributed by atoms with Crippen molar-refractivity contribution in [1.29, 1.82) is 0 Å². The van der Waals surface area contributed by atoms with Crippen molar-refractivity contribution in [3.05, 3.63) is 35.9 Å². The quantitative estimate of drug-likeness (QED) is 0.807. The van der Waals surface area contributed by atoms with Gasteiger partial charge < -0.3 is 10.2 Å². The standard InChI is InChI=1S/C19H32N2/c1-16(2)14-19(18-10-6-4-7-11-18)20-17(3)15-21-12-8-5-9-13-21/h4,6-7,10-11,16-17,19-20H,5,8-9,12-15H2,1-3H3. The Bertz CT molecular complexity index is 382. The van der Waals surface area contributed by atoms with E-state index >= 15 is 0 Å². The van der Waals surface area contributed by atoms with E-state index in [0.717, 1.165) is 0 Å². The highest BCUT2D eigenvalue weighted by Crippen LogP contribution is 2.22. The lowest BCUT2D eigenvalue weighted by molar-refractivity contribution is 0.201. The van der Waals surface area contributed by atoms with Gasteiger partial charge in [-0.15, -0.1) is 0 Å². The van der Waals surface area contributed by atoms with Crippen LogP contribution in [0.4, 0.5) is 0 Å². The van der Waals surface area contributed by atoms with Gasteiger partial charge in [-0.3, -0.25) is 0 Å². The second-order valence-electron chi connectivity index (χ2n) is 7.02. The maximum atomic E-state index is 3.87. The van der Waals surface area contributed by atoms with Crippen LogP contribution in [0.5, 0.6) is 0 Å². The predicted octanol–water partition coefficient (Wildman–Crippen LogP) is 4.24. The van der Waals surface area contributed by atoms with E-state index in [9.17, 15) is 0 Å². The van der Waals surface area contributed by atoms with Gasteiger partial charge in [0.05, 0.1) is 0 Å². The summed E-state index contributed by atoms with van der Waals surface area (Å²) in [4.78, 5) is 2.62. The Balaban J connectivity index is 1.91. The van der Waals surface area contributed by atoms with E-state index in [1.54, 1.807) is 0 Å². The molecule has 1 N–H and O–H groups in total. The van der Waals surface area contributed by atoms with Crippen molar-refractivity contribution in [2.75, 3.05) is 19.6 Å². The fraction of sp³-hybridized carbons (Fsp3) is 0.684. The number of rotatable bonds is 7. The van der Waals surface area contributed by atoms with E-state index < -0.39 is 0 Å². The Morgan fingerprint density at radius 2 is 1.67 bits per heavy atom. The lowest BCUT2D eigenvalue weighted by Crippen LogP contribution is -2.43. The molecule has 1 aromatic carbocycles. The van der Waals surface area contributed by atoms with Crippen LogP contribution in [0, 0.1) is 5.92 Å². The van der Waals surface area contributed by atoms with Crippen LogP contribution in [-0.2, 0) is 0 Å². The molecule has 1 aromatic rings. The molecule has 2 unspecified atom stereocenters. The number of nitrogens with zero attached hydrogens (tertiary/aromatic N) is 1. The topological polar surface area (TPSA) is 15.3 Å². The van der Waals surface area contributed by atoms with Gasteiger partial charge in [-0.1, -0.05) is 50.6 Å². The van der Waals surface area contributed by atoms with Crippen molar-refractivity contribution < 1.29 is 0 Å². The third-order valence-corrected chi connectivity index (χ3v) is 4.38. The molecular weight excluding hydrogens is 256 g/mol. The molecule has 21 heavy (non-hydrogen) atoms. The maximum absolute atomic E-state index is 3.87. The highest BCUT2D eigenvalue weighted by Gasteiger charge is 2.18. The van der Waals surface area contributed by atoms with Crippen LogP contribution in [-0.4, -0.2) is 30.6 Å². The molecule has 1 heterocycles. The van der Waals surface area contributed by atoms with Crippen LogP contribution in [0.15, 0.2) is 30.3 Å². The molecule has 0 saturated carbocycles. The van der Waals surface area contributed by atoms with Crippen LogP contribution in [0.1, 0.15) is 58.1 Å². The molecule has 0 spiro atoms. The van der Waals surface area contributed by atoms with Crippen LogP contribution in [0.3, 0.4) is 0 Å². The van der Waals surface area contributed by atoms with E-state index in [2.05, 4.69) is 61.3 Å². The molecule has 2 heteroatoms. The van der Waals surface area contributed by atoms with Gasteiger partial charge >= 0.3 is 0 Å². The molecule has 0 bridgehead atoms. The molecule has 0 aliphatic carbocycles. The Kier molecular flexibility index (Phi) is 6.72. The van der Waals surface area contributed by atoms with Gasteiger partial charge in [0.15, 0.2) is 0 Å². The molecule has 0 radical (unpaired) electrons. The van der Waals surface area contributed by atoms with Crippen molar-refractivity contribution in [1.82, 2.24) is 10.2 Å². The monoisotopic (exact) mass is 288 g/mol. The molecule has 0 amide bonds. The summed E-state index contributed by atoms with van der Waals surface area (Å²) in [5.41, 5.74) is 1.43. The SMILES string of the molecule is CC(C)CC(NC(C)CN1CCCCC1)c1ccccc1. The molecule has 118 valence electrons. The van der Waals surface area contributed by atoms with Crippen molar-refractivity contribution in [2.24, 2.45) is 5.92 Å². The number of nitrogens with one attached hydrogen (secondary N) is 1. The molecule has 2 nitrogen and oxygen atoms in total. The first kappa shape index (κ1) is 16.5. The summed E-state index contributed by atoms with van der Waals surface area (Å²) in [5.74, 6) is 0.713. The summed E-state index contributed by atoms with van der Waals surface area (Å²) in [6, 6.07) is 12.0. The molecule has 1 saturated heterocycles. The highest BCUT2D eigenvalue weighted by molar-refractivity contribution is 5.19. The van der Waals surface area contributed by atoms with Crippen LogP contribution >= 0.6 is 0 Å². The van der Waals surface area contributed by atoms with Gasteiger partial charge in [0.2, 0.25) is 0 Å². The fourth-order valence-corrected chi connectivity index (χ4v) is 3.38. The Labute approximate surface area is 130 Å². The van der Waals surface area contributed by atoms with E-state index in [0.29, 0.717) is 18.0 Å². The summed E-state index contributed by atoms with van der Waals surface area (Å²) in [7, 11) is 0. The number of hydrogen-bond donors (Lipinski definition) is 1. The van der Waals surface area contributed by atoms with Gasteiger partial charge in [-0.25, -0.2) is 0 Å². The zero-order chi connectivity index (χ0) is 15.1. The largest absolute Gasteiger partial charge is 0.306 e. The van der Waals surface area contributed by atoms with Gasteiger partial charge in [0.1, 0.15) is 0 Å². The second kappa shape index (κ2) is 8.55. The normalized spacial score (nSPS) is 19.6. The van der Waals surface area contributed by atoms with Gasteiger partial charge in [0, 0.05) is 18.6 Å². The van der Waals surface area contributed by atoms with E-state index in [-0.39, 0.29) is 0 Å². The first-order chi connectivity index (χ1) is 10.1. The van der Waals surface area contributed by atoms with E-state index in [1.165, 1.54) is 50.9 Å². The second-order valence-corrected chi connectivity index (χ2v) is 7.02. The van der Waals surface area contributed by atoms with Crippen molar-refractivity contribution in [3.63, 3.8) is 0 Å².